The fraction of sp³-hybridized carbons (Fsp3) is 0.500. The Morgan fingerprint density at radius 3 is 3.17 bits per heavy atom. The van der Waals surface area contributed by atoms with Crippen molar-refractivity contribution in [3.8, 4) is 12.3 Å². The molecule has 12 heavy (non-hydrogen) atoms. The molecular weight excluding hydrogens is 152 g/mol. The molecule has 0 saturated heterocycles. The standard InChI is InChI=1S/C10H12O2/c1-3-6-10(2)8(7-11)4-5-9(10)12/h1,4,7,9,12H,5-6H2,2H3/t9-,10+/m0/s1. The van der Waals surface area contributed by atoms with Gasteiger partial charge in [0.25, 0.3) is 0 Å². The van der Waals surface area contributed by atoms with Crippen LogP contribution in [-0.4, -0.2) is 17.5 Å². The molecular formula is C10H12O2. The number of hydrogen-bond acceptors (Lipinski definition) is 2. The van der Waals surface area contributed by atoms with Crippen molar-refractivity contribution in [3.63, 3.8) is 0 Å². The van der Waals surface area contributed by atoms with E-state index >= 15 is 0 Å². The predicted molar refractivity (Wildman–Crippen MR) is 46.3 cm³/mol. The van der Waals surface area contributed by atoms with Crippen LogP contribution < -0.4 is 0 Å². The van der Waals surface area contributed by atoms with Crippen molar-refractivity contribution < 1.29 is 9.90 Å². The van der Waals surface area contributed by atoms with E-state index < -0.39 is 11.5 Å². The largest absolute Gasteiger partial charge is 0.392 e. The number of terminal acetylenes is 1. The second kappa shape index (κ2) is 3.12. The topological polar surface area (TPSA) is 37.3 Å². The van der Waals surface area contributed by atoms with Crippen molar-refractivity contribution in [2.24, 2.45) is 5.41 Å². The highest BCUT2D eigenvalue weighted by Gasteiger charge is 2.39. The first kappa shape index (κ1) is 9.02. The molecule has 0 saturated carbocycles. The Balaban J connectivity index is 2.92. The molecule has 2 nitrogen and oxygen atoms in total. The minimum Gasteiger partial charge on any atom is -0.392 e. The Morgan fingerprint density at radius 2 is 2.67 bits per heavy atom. The van der Waals surface area contributed by atoms with E-state index in [1.165, 1.54) is 0 Å². The average Bonchev–Trinajstić information content (AvgIpc) is 2.30. The normalized spacial score (nSPS) is 34.1. The number of carbonyl (C=O) groups excluding carboxylic acids is 1. The molecule has 0 aromatic rings. The highest BCUT2D eigenvalue weighted by Crippen LogP contribution is 2.40. The lowest BCUT2D eigenvalue weighted by atomic mass is 9.79. The highest BCUT2D eigenvalue weighted by atomic mass is 16.3. The molecule has 2 heteroatoms. The van der Waals surface area contributed by atoms with Crippen LogP contribution in [0.4, 0.5) is 0 Å². The summed E-state index contributed by atoms with van der Waals surface area (Å²) in [7, 11) is 0. The summed E-state index contributed by atoms with van der Waals surface area (Å²) in [6.07, 6.45) is 8.16. The van der Waals surface area contributed by atoms with E-state index in [-0.39, 0.29) is 0 Å². The van der Waals surface area contributed by atoms with Crippen LogP contribution in [0.1, 0.15) is 19.8 Å². The SMILES string of the molecule is C#CC[C@]1(C)C(C=O)=CC[C@@H]1O. The molecule has 1 aliphatic carbocycles. The van der Waals surface area contributed by atoms with Crippen LogP contribution in [0.3, 0.4) is 0 Å². The second-order valence-corrected chi connectivity index (χ2v) is 3.33. The van der Waals surface area contributed by atoms with Gasteiger partial charge in [-0.05, 0) is 12.0 Å². The Morgan fingerprint density at radius 1 is 2.00 bits per heavy atom. The molecule has 1 rings (SSSR count). The van der Waals surface area contributed by atoms with Crippen LogP contribution in [0.5, 0.6) is 0 Å². The molecule has 0 bridgehead atoms. The summed E-state index contributed by atoms with van der Waals surface area (Å²) in [5, 5.41) is 9.57. The van der Waals surface area contributed by atoms with Gasteiger partial charge in [0, 0.05) is 11.8 Å². The minimum atomic E-state index is -0.517. The summed E-state index contributed by atoms with van der Waals surface area (Å²) in [6, 6.07) is 0. The first-order valence-electron chi connectivity index (χ1n) is 3.92. The summed E-state index contributed by atoms with van der Waals surface area (Å²) < 4.78 is 0. The van der Waals surface area contributed by atoms with E-state index in [9.17, 15) is 9.90 Å². The third-order valence-corrected chi connectivity index (χ3v) is 2.55. The maximum absolute atomic E-state index is 10.6. The molecule has 0 amide bonds. The summed E-state index contributed by atoms with van der Waals surface area (Å²) in [5.41, 5.74) is 0.115. The van der Waals surface area contributed by atoms with E-state index in [0.717, 1.165) is 6.29 Å². The van der Waals surface area contributed by atoms with Gasteiger partial charge in [-0.25, -0.2) is 0 Å². The maximum atomic E-state index is 10.6. The van der Waals surface area contributed by atoms with Gasteiger partial charge in [0.05, 0.1) is 6.10 Å². The number of aliphatic hydroxyl groups excluding tert-OH is 1. The lowest BCUT2D eigenvalue weighted by molar-refractivity contribution is -0.106. The fourth-order valence-corrected chi connectivity index (χ4v) is 1.54. The zero-order valence-electron chi connectivity index (χ0n) is 7.08. The van der Waals surface area contributed by atoms with Gasteiger partial charge in [0.2, 0.25) is 0 Å². The van der Waals surface area contributed by atoms with Crippen LogP contribution in [0.2, 0.25) is 0 Å². The number of carbonyl (C=O) groups is 1. The van der Waals surface area contributed by atoms with Gasteiger partial charge in [0.15, 0.2) is 0 Å². The van der Waals surface area contributed by atoms with E-state index in [2.05, 4.69) is 5.92 Å². The van der Waals surface area contributed by atoms with E-state index in [1.807, 2.05) is 6.92 Å². The molecule has 0 aliphatic heterocycles. The monoisotopic (exact) mass is 164 g/mol. The van der Waals surface area contributed by atoms with E-state index in [1.54, 1.807) is 6.08 Å². The van der Waals surface area contributed by atoms with Gasteiger partial charge < -0.3 is 5.11 Å². The van der Waals surface area contributed by atoms with Crippen molar-refractivity contribution >= 4 is 6.29 Å². The Labute approximate surface area is 72.3 Å². The molecule has 0 fully saturated rings. The zero-order valence-corrected chi connectivity index (χ0v) is 7.08. The molecule has 0 unspecified atom stereocenters. The van der Waals surface area contributed by atoms with Crippen LogP contribution >= 0.6 is 0 Å². The molecule has 2 atom stereocenters. The summed E-state index contributed by atoms with van der Waals surface area (Å²) >= 11 is 0. The van der Waals surface area contributed by atoms with E-state index in [4.69, 9.17) is 6.42 Å². The second-order valence-electron chi connectivity index (χ2n) is 3.33. The molecule has 0 aromatic heterocycles. The van der Waals surface area contributed by atoms with Gasteiger partial charge in [0.1, 0.15) is 6.29 Å². The molecule has 0 heterocycles. The molecule has 0 spiro atoms. The number of rotatable bonds is 2. The minimum absolute atomic E-state index is 0.415. The first-order chi connectivity index (χ1) is 5.65. The van der Waals surface area contributed by atoms with Gasteiger partial charge in [-0.1, -0.05) is 13.0 Å². The van der Waals surface area contributed by atoms with Crippen LogP contribution in [0.15, 0.2) is 11.6 Å². The van der Waals surface area contributed by atoms with Crippen molar-refractivity contribution in [2.45, 2.75) is 25.9 Å². The molecule has 0 aromatic carbocycles. The smallest absolute Gasteiger partial charge is 0.146 e. The van der Waals surface area contributed by atoms with Gasteiger partial charge >= 0.3 is 0 Å². The van der Waals surface area contributed by atoms with Gasteiger partial charge in [-0.2, -0.15) is 0 Å². The Hall–Kier alpha value is -1.07. The van der Waals surface area contributed by atoms with Crippen LogP contribution in [0, 0.1) is 17.8 Å². The highest BCUT2D eigenvalue weighted by molar-refractivity contribution is 5.76. The molecule has 0 radical (unpaired) electrons. The lowest BCUT2D eigenvalue weighted by Gasteiger charge is -2.27. The van der Waals surface area contributed by atoms with Gasteiger partial charge in [-0.3, -0.25) is 4.79 Å². The zero-order chi connectivity index (χ0) is 9.19. The first-order valence-corrected chi connectivity index (χ1v) is 3.92. The summed E-state index contributed by atoms with van der Waals surface area (Å²) in [5.74, 6) is 2.49. The molecule has 1 aliphatic rings. The van der Waals surface area contributed by atoms with Crippen LogP contribution in [0.25, 0.3) is 0 Å². The van der Waals surface area contributed by atoms with Crippen molar-refractivity contribution in [1.82, 2.24) is 0 Å². The molecule has 64 valence electrons. The third-order valence-electron chi connectivity index (χ3n) is 2.55. The summed E-state index contributed by atoms with van der Waals surface area (Å²) in [6.45, 7) is 1.82. The van der Waals surface area contributed by atoms with Gasteiger partial charge in [-0.15, -0.1) is 12.3 Å². The lowest BCUT2D eigenvalue weighted by Crippen LogP contribution is -2.29. The van der Waals surface area contributed by atoms with Crippen LogP contribution in [-0.2, 0) is 4.79 Å². The number of aldehydes is 1. The predicted octanol–water partition coefficient (Wildman–Crippen LogP) is 0.906. The van der Waals surface area contributed by atoms with Crippen molar-refractivity contribution in [1.29, 1.82) is 0 Å². The maximum Gasteiger partial charge on any atom is 0.146 e. The Bertz CT molecular complexity index is 260. The number of hydrogen-bond donors (Lipinski definition) is 1. The van der Waals surface area contributed by atoms with Crippen molar-refractivity contribution in [3.05, 3.63) is 11.6 Å². The Kier molecular flexibility index (Phi) is 2.35. The molecule has 1 N–H and O–H groups in total. The third kappa shape index (κ3) is 1.17. The average molecular weight is 164 g/mol. The van der Waals surface area contributed by atoms with E-state index in [0.29, 0.717) is 18.4 Å². The van der Waals surface area contributed by atoms with Crippen molar-refractivity contribution in [2.75, 3.05) is 0 Å². The number of aliphatic hydroxyl groups is 1. The summed E-state index contributed by atoms with van der Waals surface area (Å²) in [4.78, 5) is 10.6. The quantitative estimate of drug-likeness (QED) is 0.486. The fourth-order valence-electron chi connectivity index (χ4n) is 1.54.